The lowest BCUT2D eigenvalue weighted by atomic mass is 10.1. The van der Waals surface area contributed by atoms with E-state index < -0.39 is 0 Å². The molecule has 0 bridgehead atoms. The van der Waals surface area contributed by atoms with Crippen molar-refractivity contribution < 1.29 is 9.18 Å². The van der Waals surface area contributed by atoms with Crippen molar-refractivity contribution >= 4 is 12.0 Å². The van der Waals surface area contributed by atoms with Gasteiger partial charge in [0.25, 0.3) is 0 Å². The van der Waals surface area contributed by atoms with E-state index in [0.717, 1.165) is 30.6 Å². The first-order valence-electron chi connectivity index (χ1n) is 9.87. The van der Waals surface area contributed by atoms with Gasteiger partial charge in [0, 0.05) is 32.2 Å². The maximum atomic E-state index is 13.1. The van der Waals surface area contributed by atoms with Crippen molar-refractivity contribution in [3.05, 3.63) is 77.6 Å². The quantitative estimate of drug-likeness (QED) is 0.738. The summed E-state index contributed by atoms with van der Waals surface area (Å²) >= 11 is 0. The average molecular weight is 381 g/mol. The molecular weight excluding hydrogens is 353 g/mol. The highest BCUT2D eigenvalue weighted by Gasteiger charge is 2.35. The lowest BCUT2D eigenvalue weighted by Gasteiger charge is -2.21. The SMILES string of the molecule is CCNC(=O)[C@@H]1C[C@@H](NCc2ccc(F)cc2)CN1C/C=C/c1ccccc1. The van der Waals surface area contributed by atoms with E-state index in [0.29, 0.717) is 13.1 Å². The minimum absolute atomic E-state index is 0.0849. The van der Waals surface area contributed by atoms with Gasteiger partial charge in [-0.15, -0.1) is 0 Å². The third kappa shape index (κ3) is 5.75. The molecule has 2 atom stereocenters. The van der Waals surface area contributed by atoms with Gasteiger partial charge in [0.15, 0.2) is 0 Å². The average Bonchev–Trinajstić information content (AvgIpc) is 3.12. The number of amides is 1. The summed E-state index contributed by atoms with van der Waals surface area (Å²) in [5.74, 6) is -0.140. The molecular formula is C23H28FN3O. The van der Waals surface area contributed by atoms with Crippen molar-refractivity contribution in [3.8, 4) is 0 Å². The summed E-state index contributed by atoms with van der Waals surface area (Å²) in [6.45, 7) is 4.78. The van der Waals surface area contributed by atoms with Gasteiger partial charge in [0.05, 0.1) is 6.04 Å². The Kier molecular flexibility index (Phi) is 7.34. The second-order valence-electron chi connectivity index (χ2n) is 7.12. The van der Waals surface area contributed by atoms with Gasteiger partial charge in [-0.1, -0.05) is 54.6 Å². The van der Waals surface area contributed by atoms with Crippen LogP contribution in [0.15, 0.2) is 60.7 Å². The maximum Gasteiger partial charge on any atom is 0.237 e. The third-order valence-corrected chi connectivity index (χ3v) is 5.02. The molecule has 0 aliphatic carbocycles. The Bertz CT molecular complexity index is 776. The Morgan fingerprint density at radius 2 is 1.93 bits per heavy atom. The smallest absolute Gasteiger partial charge is 0.237 e. The minimum atomic E-state index is -0.225. The predicted octanol–water partition coefficient (Wildman–Crippen LogP) is 3.21. The standard InChI is InChI=1S/C23H28FN3O/c1-2-25-23(28)22-15-21(26-16-19-10-12-20(24)13-11-19)17-27(22)14-6-9-18-7-4-3-5-8-18/h3-13,21-22,26H,2,14-17H2,1H3,(H,25,28)/b9-6+/t21-,22+/m1/s1. The molecule has 148 valence electrons. The number of carbonyl (C=O) groups is 1. The van der Waals surface area contributed by atoms with Gasteiger partial charge in [-0.2, -0.15) is 0 Å². The van der Waals surface area contributed by atoms with Crippen molar-refractivity contribution in [1.82, 2.24) is 15.5 Å². The molecule has 28 heavy (non-hydrogen) atoms. The molecule has 0 aromatic heterocycles. The summed E-state index contributed by atoms with van der Waals surface area (Å²) in [6, 6.07) is 16.8. The van der Waals surface area contributed by atoms with Crippen LogP contribution in [-0.2, 0) is 11.3 Å². The van der Waals surface area contributed by atoms with E-state index in [9.17, 15) is 9.18 Å². The summed E-state index contributed by atoms with van der Waals surface area (Å²) in [7, 11) is 0. The van der Waals surface area contributed by atoms with Crippen LogP contribution in [0.3, 0.4) is 0 Å². The zero-order valence-corrected chi connectivity index (χ0v) is 16.3. The van der Waals surface area contributed by atoms with E-state index in [2.05, 4.69) is 39.8 Å². The molecule has 2 aromatic carbocycles. The third-order valence-electron chi connectivity index (χ3n) is 5.02. The first-order chi connectivity index (χ1) is 13.7. The highest BCUT2D eigenvalue weighted by atomic mass is 19.1. The Hall–Kier alpha value is -2.50. The molecule has 3 rings (SSSR count). The number of hydrogen-bond donors (Lipinski definition) is 2. The summed E-state index contributed by atoms with van der Waals surface area (Å²) < 4.78 is 13.1. The maximum absolute atomic E-state index is 13.1. The van der Waals surface area contributed by atoms with Gasteiger partial charge in [-0.3, -0.25) is 9.69 Å². The van der Waals surface area contributed by atoms with Crippen LogP contribution >= 0.6 is 0 Å². The van der Waals surface area contributed by atoms with Crippen LogP contribution in [0.2, 0.25) is 0 Å². The molecule has 0 radical (unpaired) electrons. The van der Waals surface area contributed by atoms with Crippen LogP contribution in [-0.4, -0.2) is 42.5 Å². The number of benzene rings is 2. The van der Waals surface area contributed by atoms with Crippen LogP contribution in [0.1, 0.15) is 24.5 Å². The molecule has 1 saturated heterocycles. The summed E-state index contributed by atoms with van der Waals surface area (Å²) in [5, 5.41) is 6.47. The van der Waals surface area contributed by atoms with Crippen molar-refractivity contribution in [2.45, 2.75) is 32.0 Å². The number of likely N-dealkylation sites (tertiary alicyclic amines) is 1. The van der Waals surface area contributed by atoms with Crippen molar-refractivity contribution in [1.29, 1.82) is 0 Å². The van der Waals surface area contributed by atoms with Crippen LogP contribution in [0, 0.1) is 5.82 Å². The van der Waals surface area contributed by atoms with E-state index in [-0.39, 0.29) is 23.8 Å². The van der Waals surface area contributed by atoms with E-state index in [1.807, 2.05) is 25.1 Å². The molecule has 1 amide bonds. The summed E-state index contributed by atoms with van der Waals surface area (Å²) in [4.78, 5) is 14.7. The van der Waals surface area contributed by atoms with Gasteiger partial charge in [0.1, 0.15) is 5.82 Å². The monoisotopic (exact) mass is 381 g/mol. The number of likely N-dealkylation sites (N-methyl/N-ethyl adjacent to an activating group) is 1. The first-order valence-corrected chi connectivity index (χ1v) is 9.87. The Labute approximate surface area is 166 Å². The van der Waals surface area contributed by atoms with Gasteiger partial charge < -0.3 is 10.6 Å². The number of hydrogen-bond acceptors (Lipinski definition) is 3. The largest absolute Gasteiger partial charge is 0.355 e. The fraction of sp³-hybridized carbons (Fsp3) is 0.348. The fourth-order valence-electron chi connectivity index (χ4n) is 3.57. The van der Waals surface area contributed by atoms with E-state index >= 15 is 0 Å². The lowest BCUT2D eigenvalue weighted by molar-refractivity contribution is -0.125. The molecule has 1 fully saturated rings. The zero-order valence-electron chi connectivity index (χ0n) is 16.3. The molecule has 0 unspecified atom stereocenters. The zero-order chi connectivity index (χ0) is 19.8. The molecule has 0 spiro atoms. The highest BCUT2D eigenvalue weighted by molar-refractivity contribution is 5.82. The van der Waals surface area contributed by atoms with Crippen LogP contribution in [0.5, 0.6) is 0 Å². The number of halogens is 1. The van der Waals surface area contributed by atoms with Crippen LogP contribution < -0.4 is 10.6 Å². The molecule has 1 heterocycles. The van der Waals surface area contributed by atoms with Crippen molar-refractivity contribution in [2.75, 3.05) is 19.6 Å². The van der Waals surface area contributed by atoms with Crippen LogP contribution in [0.25, 0.3) is 6.08 Å². The Balaban J connectivity index is 1.59. The number of carbonyl (C=O) groups excluding carboxylic acids is 1. The fourth-order valence-corrected chi connectivity index (χ4v) is 3.57. The predicted molar refractivity (Wildman–Crippen MR) is 111 cm³/mol. The van der Waals surface area contributed by atoms with E-state index in [1.54, 1.807) is 12.1 Å². The molecule has 4 nitrogen and oxygen atoms in total. The first kappa shape index (κ1) is 20.2. The highest BCUT2D eigenvalue weighted by Crippen LogP contribution is 2.19. The topological polar surface area (TPSA) is 44.4 Å². The van der Waals surface area contributed by atoms with Gasteiger partial charge in [-0.05, 0) is 36.6 Å². The molecule has 1 aliphatic rings. The molecule has 2 N–H and O–H groups in total. The summed E-state index contributed by atoms with van der Waals surface area (Å²) in [6.07, 6.45) is 4.98. The summed E-state index contributed by atoms with van der Waals surface area (Å²) in [5.41, 5.74) is 2.20. The van der Waals surface area contributed by atoms with Crippen molar-refractivity contribution in [3.63, 3.8) is 0 Å². The molecule has 2 aromatic rings. The second kappa shape index (κ2) is 10.2. The van der Waals surface area contributed by atoms with Gasteiger partial charge in [-0.25, -0.2) is 4.39 Å². The normalized spacial score (nSPS) is 19.9. The second-order valence-corrected chi connectivity index (χ2v) is 7.12. The number of rotatable bonds is 8. The lowest BCUT2D eigenvalue weighted by Crippen LogP contribution is -2.43. The van der Waals surface area contributed by atoms with Crippen molar-refractivity contribution in [2.24, 2.45) is 0 Å². The number of nitrogens with one attached hydrogen (secondary N) is 2. The molecule has 1 aliphatic heterocycles. The van der Waals surface area contributed by atoms with E-state index in [4.69, 9.17) is 0 Å². The van der Waals surface area contributed by atoms with E-state index in [1.165, 1.54) is 12.1 Å². The molecule has 5 heteroatoms. The number of nitrogens with zero attached hydrogens (tertiary/aromatic N) is 1. The Morgan fingerprint density at radius 1 is 1.18 bits per heavy atom. The van der Waals surface area contributed by atoms with Gasteiger partial charge >= 0.3 is 0 Å². The molecule has 0 saturated carbocycles. The minimum Gasteiger partial charge on any atom is -0.355 e. The van der Waals surface area contributed by atoms with Crippen LogP contribution in [0.4, 0.5) is 4.39 Å². The Morgan fingerprint density at radius 3 is 2.64 bits per heavy atom. The van der Waals surface area contributed by atoms with Gasteiger partial charge in [0.2, 0.25) is 5.91 Å².